The number of methoxy groups -OCH3 is 2. The van der Waals surface area contributed by atoms with E-state index in [0.29, 0.717) is 56.1 Å². The SMILES string of the molecule is COc1cc2nc(N3CCN(C(=O)C4CCCO4)CC3)[nH+]c(N)c2cc1OC. The van der Waals surface area contributed by atoms with Crippen LogP contribution in [-0.4, -0.2) is 68.9 Å². The standard InChI is InChI=1S/C19H25N5O4/c1-26-15-10-12-13(11-16(15)27-2)21-19(22-17(12)20)24-7-5-23(6-8-24)18(25)14-4-3-9-28-14/h10-11,14H,3-9H2,1-2H3,(H2,20,21,22)/p+1. The molecule has 4 rings (SSSR count). The lowest BCUT2D eigenvalue weighted by Crippen LogP contribution is -2.52. The van der Waals surface area contributed by atoms with E-state index in [9.17, 15) is 4.79 Å². The highest BCUT2D eigenvalue weighted by Gasteiger charge is 2.32. The number of H-pyrrole nitrogens is 1. The first-order valence-electron chi connectivity index (χ1n) is 9.50. The zero-order chi connectivity index (χ0) is 19.7. The molecule has 2 fully saturated rings. The maximum absolute atomic E-state index is 12.5. The number of amides is 1. The van der Waals surface area contributed by atoms with Gasteiger partial charge in [0.25, 0.3) is 5.91 Å². The van der Waals surface area contributed by atoms with Crippen molar-refractivity contribution in [3.05, 3.63) is 12.1 Å². The van der Waals surface area contributed by atoms with E-state index < -0.39 is 0 Å². The molecule has 0 radical (unpaired) electrons. The summed E-state index contributed by atoms with van der Waals surface area (Å²) in [6, 6.07) is 3.63. The second-order valence-electron chi connectivity index (χ2n) is 7.01. The summed E-state index contributed by atoms with van der Waals surface area (Å²) in [6.07, 6.45) is 1.51. The van der Waals surface area contributed by atoms with Crippen molar-refractivity contribution < 1.29 is 24.0 Å². The van der Waals surface area contributed by atoms with E-state index in [4.69, 9.17) is 24.9 Å². The molecule has 3 N–H and O–H groups in total. The predicted octanol–water partition coefficient (Wildman–Crippen LogP) is 0.476. The van der Waals surface area contributed by atoms with Crippen molar-refractivity contribution in [3.8, 4) is 11.5 Å². The number of carbonyl (C=O) groups is 1. The van der Waals surface area contributed by atoms with Gasteiger partial charge in [-0.1, -0.05) is 0 Å². The summed E-state index contributed by atoms with van der Waals surface area (Å²) in [5.74, 6) is 2.50. The second kappa shape index (κ2) is 7.67. The van der Waals surface area contributed by atoms with Gasteiger partial charge in [0.1, 0.15) is 11.6 Å². The first-order chi connectivity index (χ1) is 13.6. The van der Waals surface area contributed by atoms with Crippen molar-refractivity contribution in [1.82, 2.24) is 9.88 Å². The third-order valence-electron chi connectivity index (χ3n) is 5.36. The van der Waals surface area contributed by atoms with Crippen LogP contribution in [0.1, 0.15) is 12.8 Å². The van der Waals surface area contributed by atoms with Crippen LogP contribution in [0.15, 0.2) is 12.1 Å². The van der Waals surface area contributed by atoms with Gasteiger partial charge in [-0.05, 0) is 12.8 Å². The van der Waals surface area contributed by atoms with Crippen LogP contribution in [0, 0.1) is 0 Å². The van der Waals surface area contributed by atoms with Crippen LogP contribution in [0.2, 0.25) is 0 Å². The number of hydrogen-bond donors (Lipinski definition) is 1. The largest absolute Gasteiger partial charge is 0.493 e. The molecule has 1 amide bonds. The number of rotatable bonds is 4. The second-order valence-corrected chi connectivity index (χ2v) is 7.01. The number of carbonyl (C=O) groups excluding carboxylic acids is 1. The molecular weight excluding hydrogens is 362 g/mol. The third kappa shape index (κ3) is 3.37. The molecule has 0 saturated carbocycles. The van der Waals surface area contributed by atoms with E-state index in [1.807, 2.05) is 17.0 Å². The molecule has 0 aliphatic carbocycles. The van der Waals surface area contributed by atoms with Crippen LogP contribution in [0.5, 0.6) is 11.5 Å². The average molecular weight is 388 g/mol. The van der Waals surface area contributed by atoms with Gasteiger partial charge in [0.15, 0.2) is 11.5 Å². The average Bonchev–Trinajstić information content (AvgIpc) is 3.27. The lowest BCUT2D eigenvalue weighted by Gasteiger charge is -2.33. The molecular formula is C19H26N5O4+. The topological polar surface area (TPSA) is 104 Å². The Bertz CT molecular complexity index is 876. The van der Waals surface area contributed by atoms with Gasteiger partial charge in [0.2, 0.25) is 5.82 Å². The van der Waals surface area contributed by atoms with E-state index in [0.717, 1.165) is 23.7 Å². The van der Waals surface area contributed by atoms with Crippen LogP contribution >= 0.6 is 0 Å². The molecule has 0 bridgehead atoms. The van der Waals surface area contributed by atoms with Crippen LogP contribution in [-0.2, 0) is 9.53 Å². The summed E-state index contributed by atoms with van der Waals surface area (Å²) >= 11 is 0. The fourth-order valence-electron chi connectivity index (χ4n) is 3.77. The highest BCUT2D eigenvalue weighted by Crippen LogP contribution is 2.33. The fourth-order valence-corrected chi connectivity index (χ4v) is 3.77. The molecule has 2 aliphatic heterocycles. The summed E-state index contributed by atoms with van der Waals surface area (Å²) in [6.45, 7) is 3.32. The number of ether oxygens (including phenoxy) is 3. The monoisotopic (exact) mass is 388 g/mol. The lowest BCUT2D eigenvalue weighted by molar-refractivity contribution is -0.348. The minimum atomic E-state index is -0.269. The van der Waals surface area contributed by atoms with E-state index in [-0.39, 0.29) is 12.0 Å². The molecule has 3 heterocycles. The van der Waals surface area contributed by atoms with Crippen molar-refractivity contribution >= 4 is 28.6 Å². The molecule has 1 unspecified atom stereocenters. The number of nitrogens with two attached hydrogens (primary N) is 1. The van der Waals surface area contributed by atoms with Gasteiger partial charge in [-0.2, -0.15) is 0 Å². The molecule has 1 atom stereocenters. The Labute approximate surface area is 163 Å². The van der Waals surface area contributed by atoms with E-state index in [1.54, 1.807) is 14.2 Å². The number of nitrogens with zero attached hydrogens (tertiary/aromatic N) is 3. The maximum Gasteiger partial charge on any atom is 0.347 e. The van der Waals surface area contributed by atoms with Gasteiger partial charge in [0, 0.05) is 31.8 Å². The zero-order valence-electron chi connectivity index (χ0n) is 16.2. The number of anilines is 2. The van der Waals surface area contributed by atoms with E-state index in [1.165, 1.54) is 0 Å². The highest BCUT2D eigenvalue weighted by molar-refractivity contribution is 5.90. The summed E-state index contributed by atoms with van der Waals surface area (Å²) in [4.78, 5) is 24.4. The number of nitrogens with one attached hydrogen (secondary N) is 1. The van der Waals surface area contributed by atoms with Crippen molar-refractivity contribution in [3.63, 3.8) is 0 Å². The quantitative estimate of drug-likeness (QED) is 0.812. The van der Waals surface area contributed by atoms with Gasteiger partial charge in [-0.15, -0.1) is 4.98 Å². The maximum atomic E-state index is 12.5. The smallest absolute Gasteiger partial charge is 0.347 e. The summed E-state index contributed by atoms with van der Waals surface area (Å²) < 4.78 is 16.2. The number of aromatic nitrogens is 2. The molecule has 2 aliphatic rings. The van der Waals surface area contributed by atoms with E-state index >= 15 is 0 Å². The minimum Gasteiger partial charge on any atom is -0.493 e. The van der Waals surface area contributed by atoms with Gasteiger partial charge in [-0.25, -0.2) is 4.98 Å². The molecule has 2 saturated heterocycles. The Hall–Kier alpha value is -2.81. The number of aromatic amines is 1. The Kier molecular flexibility index (Phi) is 5.08. The normalized spacial score (nSPS) is 19.9. The Morgan fingerprint density at radius 1 is 1.21 bits per heavy atom. The number of piperazine rings is 1. The van der Waals surface area contributed by atoms with E-state index in [2.05, 4.69) is 9.88 Å². The number of hydrogen-bond acceptors (Lipinski definition) is 7. The van der Waals surface area contributed by atoms with Crippen LogP contribution in [0.3, 0.4) is 0 Å². The predicted molar refractivity (Wildman–Crippen MR) is 104 cm³/mol. The van der Waals surface area contributed by atoms with Crippen molar-refractivity contribution in [2.24, 2.45) is 0 Å². The number of benzene rings is 1. The number of fused-ring (bicyclic) bond motifs is 1. The zero-order valence-corrected chi connectivity index (χ0v) is 16.2. The summed E-state index contributed by atoms with van der Waals surface area (Å²) in [5, 5.41) is 0.772. The summed E-state index contributed by atoms with van der Waals surface area (Å²) in [5.41, 5.74) is 6.96. The molecule has 9 heteroatoms. The fraction of sp³-hybridized carbons (Fsp3) is 0.526. The highest BCUT2D eigenvalue weighted by atomic mass is 16.5. The molecule has 1 aromatic carbocycles. The first kappa shape index (κ1) is 18.5. The Balaban J connectivity index is 1.52. The van der Waals surface area contributed by atoms with Crippen molar-refractivity contribution in [2.45, 2.75) is 18.9 Å². The molecule has 9 nitrogen and oxygen atoms in total. The third-order valence-corrected chi connectivity index (χ3v) is 5.36. The van der Waals surface area contributed by atoms with Gasteiger partial charge < -0.3 is 24.8 Å². The van der Waals surface area contributed by atoms with Gasteiger partial charge >= 0.3 is 5.95 Å². The van der Waals surface area contributed by atoms with Crippen molar-refractivity contribution in [1.29, 1.82) is 0 Å². The van der Waals surface area contributed by atoms with Crippen LogP contribution < -0.4 is 25.1 Å². The molecule has 150 valence electrons. The first-order valence-corrected chi connectivity index (χ1v) is 9.50. The van der Waals surface area contributed by atoms with Crippen LogP contribution in [0.4, 0.5) is 11.8 Å². The molecule has 28 heavy (non-hydrogen) atoms. The van der Waals surface area contributed by atoms with Gasteiger partial charge in [-0.3, -0.25) is 9.69 Å². The Morgan fingerprint density at radius 2 is 1.93 bits per heavy atom. The minimum absolute atomic E-state index is 0.101. The number of nitrogen functional groups attached to an aromatic ring is 1. The summed E-state index contributed by atoms with van der Waals surface area (Å²) in [7, 11) is 3.18. The molecule has 2 aromatic rings. The Morgan fingerprint density at radius 3 is 2.57 bits per heavy atom. The lowest BCUT2D eigenvalue weighted by atomic mass is 10.2. The van der Waals surface area contributed by atoms with Crippen LogP contribution in [0.25, 0.3) is 10.9 Å². The molecule has 1 aromatic heterocycles. The van der Waals surface area contributed by atoms with Gasteiger partial charge in [0.05, 0.1) is 32.7 Å². The van der Waals surface area contributed by atoms with Crippen molar-refractivity contribution in [2.75, 3.05) is 57.6 Å². The molecule has 0 spiro atoms.